The van der Waals surface area contributed by atoms with E-state index in [0.717, 1.165) is 4.90 Å². The monoisotopic (exact) mass is 243 g/mol. The lowest BCUT2D eigenvalue weighted by molar-refractivity contribution is -0.142. The second-order valence-electron chi connectivity index (χ2n) is 4.29. The van der Waals surface area contributed by atoms with Gasteiger partial charge in [-0.05, 0) is 20.8 Å². The van der Waals surface area contributed by atoms with Crippen molar-refractivity contribution in [1.29, 1.82) is 0 Å². The summed E-state index contributed by atoms with van der Waals surface area (Å²) < 4.78 is 10.3. The number of carbonyl (C=O) groups is 2. The zero-order chi connectivity index (χ0) is 13.2. The molecule has 0 aliphatic carbocycles. The first-order valence-electron chi connectivity index (χ1n) is 5.29. The molecule has 1 N–H and O–H groups in total. The van der Waals surface area contributed by atoms with Gasteiger partial charge in [0.25, 0.3) is 0 Å². The van der Waals surface area contributed by atoms with Gasteiger partial charge in [-0.25, -0.2) is 9.59 Å². The van der Waals surface area contributed by atoms with Crippen LogP contribution in [0.3, 0.4) is 0 Å². The largest absolute Gasteiger partial charge is 0.480 e. The smallest absolute Gasteiger partial charge is 0.413 e. The molecule has 2 atom stereocenters. The van der Waals surface area contributed by atoms with Crippen molar-refractivity contribution in [3.8, 4) is 0 Å². The van der Waals surface area contributed by atoms with Gasteiger partial charge < -0.3 is 14.6 Å². The summed E-state index contributed by atoms with van der Waals surface area (Å²) in [6.07, 6.45) is 0.117. The molecule has 0 aromatic heterocycles. The molecule has 0 bridgehead atoms. The first-order valence-corrected chi connectivity index (χ1v) is 5.29. The van der Waals surface area contributed by atoms with E-state index >= 15 is 0 Å². The summed E-state index contributed by atoms with van der Waals surface area (Å²) in [6, 6.07) is -1.04. The Balaban J connectivity index is 2.93. The molecular formula is C11H17NO5. The minimum Gasteiger partial charge on any atom is -0.480 e. The molecule has 1 fully saturated rings. The summed E-state index contributed by atoms with van der Waals surface area (Å²) >= 11 is 0. The number of aliphatic carboxylic acids is 1. The predicted molar refractivity (Wildman–Crippen MR) is 59.4 cm³/mol. The highest BCUT2D eigenvalue weighted by atomic mass is 16.6. The fourth-order valence-electron chi connectivity index (χ4n) is 1.97. The third-order valence-electron chi connectivity index (χ3n) is 2.55. The van der Waals surface area contributed by atoms with Crippen molar-refractivity contribution in [2.24, 2.45) is 0 Å². The van der Waals surface area contributed by atoms with Gasteiger partial charge in [0, 0.05) is 0 Å². The minimum absolute atomic E-state index is 0.0339. The Morgan fingerprint density at radius 1 is 1.59 bits per heavy atom. The molecule has 1 amide bonds. The average molecular weight is 243 g/mol. The fourth-order valence-corrected chi connectivity index (χ4v) is 1.97. The van der Waals surface area contributed by atoms with Gasteiger partial charge in [-0.15, -0.1) is 0 Å². The van der Waals surface area contributed by atoms with Gasteiger partial charge in [0.2, 0.25) is 0 Å². The summed E-state index contributed by atoms with van der Waals surface area (Å²) in [6.45, 7) is 8.32. The molecule has 0 radical (unpaired) electrons. The molecule has 1 heterocycles. The van der Waals surface area contributed by atoms with Crippen molar-refractivity contribution in [3.63, 3.8) is 0 Å². The van der Waals surface area contributed by atoms with Crippen LogP contribution in [0.2, 0.25) is 0 Å². The highest BCUT2D eigenvalue weighted by Crippen LogP contribution is 2.32. The van der Waals surface area contributed by atoms with Crippen LogP contribution in [0, 0.1) is 0 Å². The second kappa shape index (κ2) is 4.75. The second-order valence-corrected chi connectivity index (χ2v) is 4.29. The highest BCUT2D eigenvalue weighted by Gasteiger charge is 2.52. The first-order chi connectivity index (χ1) is 7.81. The summed E-state index contributed by atoms with van der Waals surface area (Å²) in [5.41, 5.74) is -0.999. The number of carboxylic acid groups (broad SMARTS) is 1. The van der Waals surface area contributed by atoms with Crippen molar-refractivity contribution in [3.05, 3.63) is 12.7 Å². The molecule has 1 aliphatic heterocycles. The number of rotatable bonds is 3. The Kier molecular flexibility index (Phi) is 3.77. The lowest BCUT2D eigenvalue weighted by atomic mass is 10.1. The molecule has 0 spiro atoms. The van der Waals surface area contributed by atoms with Crippen LogP contribution in [0.1, 0.15) is 20.8 Å². The van der Waals surface area contributed by atoms with Crippen molar-refractivity contribution < 1.29 is 24.2 Å². The fraction of sp³-hybridized carbons (Fsp3) is 0.636. The maximum Gasteiger partial charge on any atom is 0.413 e. The molecule has 17 heavy (non-hydrogen) atoms. The lowest BCUT2D eigenvalue weighted by Crippen LogP contribution is -2.51. The Morgan fingerprint density at radius 2 is 2.18 bits per heavy atom. The zero-order valence-corrected chi connectivity index (χ0v) is 10.2. The van der Waals surface area contributed by atoms with E-state index in [9.17, 15) is 9.59 Å². The Labute approximate surface area is 99.8 Å². The molecule has 0 aromatic rings. The number of hydrogen-bond donors (Lipinski definition) is 1. The van der Waals surface area contributed by atoms with E-state index in [1.165, 1.54) is 6.08 Å². The third-order valence-corrected chi connectivity index (χ3v) is 2.55. The van der Waals surface area contributed by atoms with Crippen LogP contribution in [0.4, 0.5) is 4.79 Å². The molecule has 6 nitrogen and oxygen atoms in total. The predicted octanol–water partition coefficient (Wildman–Crippen LogP) is 1.22. The van der Waals surface area contributed by atoms with Crippen LogP contribution in [0.15, 0.2) is 12.7 Å². The molecule has 2 unspecified atom stereocenters. The lowest BCUT2D eigenvalue weighted by Gasteiger charge is -2.30. The Bertz CT molecular complexity index is 339. The van der Waals surface area contributed by atoms with E-state index < -0.39 is 29.9 Å². The number of hydrogen-bond acceptors (Lipinski definition) is 4. The molecule has 6 heteroatoms. The van der Waals surface area contributed by atoms with Gasteiger partial charge in [-0.3, -0.25) is 4.90 Å². The van der Waals surface area contributed by atoms with Crippen molar-refractivity contribution in [2.75, 3.05) is 6.61 Å². The van der Waals surface area contributed by atoms with Gasteiger partial charge in [0.15, 0.2) is 6.04 Å². The Hall–Kier alpha value is -1.56. The quantitative estimate of drug-likeness (QED) is 0.754. The van der Waals surface area contributed by atoms with Crippen LogP contribution in [-0.2, 0) is 14.3 Å². The normalized spacial score (nSPS) is 26.6. The molecule has 0 saturated carbocycles. The van der Waals surface area contributed by atoms with Gasteiger partial charge in [0.05, 0.1) is 6.10 Å². The van der Waals surface area contributed by atoms with Gasteiger partial charge >= 0.3 is 12.1 Å². The molecule has 0 aromatic carbocycles. The third kappa shape index (κ3) is 2.58. The van der Waals surface area contributed by atoms with E-state index in [1.54, 1.807) is 20.8 Å². The summed E-state index contributed by atoms with van der Waals surface area (Å²) in [4.78, 5) is 24.0. The average Bonchev–Trinajstić information content (AvgIpc) is 2.44. The van der Waals surface area contributed by atoms with Gasteiger partial charge in [0.1, 0.15) is 12.3 Å². The SMILES string of the molecule is C=CCOC(=O)N1C(C(=O)O)C(C)OC1(C)C. The molecular weight excluding hydrogens is 226 g/mol. The maximum absolute atomic E-state index is 11.8. The van der Waals surface area contributed by atoms with E-state index in [2.05, 4.69) is 6.58 Å². The van der Waals surface area contributed by atoms with Crippen LogP contribution >= 0.6 is 0 Å². The first kappa shape index (κ1) is 13.5. The number of carboxylic acids is 1. The maximum atomic E-state index is 11.8. The highest BCUT2D eigenvalue weighted by molar-refractivity contribution is 5.81. The summed E-state index contributed by atoms with van der Waals surface area (Å²) in [5.74, 6) is -1.11. The molecule has 1 saturated heterocycles. The van der Waals surface area contributed by atoms with Gasteiger partial charge in [-0.1, -0.05) is 12.7 Å². The number of amides is 1. The van der Waals surface area contributed by atoms with Crippen molar-refractivity contribution >= 4 is 12.1 Å². The number of ether oxygens (including phenoxy) is 2. The summed E-state index contributed by atoms with van der Waals surface area (Å²) in [5, 5.41) is 9.11. The van der Waals surface area contributed by atoms with E-state index in [4.69, 9.17) is 14.6 Å². The van der Waals surface area contributed by atoms with E-state index in [-0.39, 0.29) is 6.61 Å². The van der Waals surface area contributed by atoms with E-state index in [1.807, 2.05) is 0 Å². The summed E-state index contributed by atoms with van der Waals surface area (Å²) in [7, 11) is 0. The minimum atomic E-state index is -1.11. The van der Waals surface area contributed by atoms with Crippen LogP contribution in [0.5, 0.6) is 0 Å². The van der Waals surface area contributed by atoms with Crippen molar-refractivity contribution in [2.45, 2.75) is 38.6 Å². The standard InChI is InChI=1S/C11H17NO5/c1-5-6-16-10(15)12-8(9(13)14)7(2)17-11(12,3)4/h5,7-8H,1,6H2,2-4H3,(H,13,14). The Morgan fingerprint density at radius 3 is 2.65 bits per heavy atom. The number of nitrogens with zero attached hydrogens (tertiary/aromatic N) is 1. The molecule has 1 rings (SSSR count). The van der Waals surface area contributed by atoms with E-state index in [0.29, 0.717) is 0 Å². The van der Waals surface area contributed by atoms with Crippen LogP contribution in [0.25, 0.3) is 0 Å². The van der Waals surface area contributed by atoms with Crippen LogP contribution in [-0.4, -0.2) is 46.5 Å². The molecule has 1 aliphatic rings. The zero-order valence-electron chi connectivity index (χ0n) is 10.2. The van der Waals surface area contributed by atoms with Crippen molar-refractivity contribution in [1.82, 2.24) is 4.90 Å². The molecule has 96 valence electrons. The van der Waals surface area contributed by atoms with Crippen LogP contribution < -0.4 is 0 Å². The number of carbonyl (C=O) groups excluding carboxylic acids is 1. The van der Waals surface area contributed by atoms with Gasteiger partial charge in [-0.2, -0.15) is 0 Å². The topological polar surface area (TPSA) is 76.1 Å².